The van der Waals surface area contributed by atoms with Crippen LogP contribution in [0.2, 0.25) is 0 Å². The molecule has 0 saturated heterocycles. The second kappa shape index (κ2) is 11.8. The molecule has 0 radical (unpaired) electrons. The maximum atomic E-state index is 11.9. The lowest BCUT2D eigenvalue weighted by molar-refractivity contribution is -0.131. The number of aromatic nitrogens is 2. The highest BCUT2D eigenvalue weighted by atomic mass is 79.9. The highest BCUT2D eigenvalue weighted by molar-refractivity contribution is 9.10. The number of thioether (sulfide) groups is 1. The molecule has 1 heterocycles. The van der Waals surface area contributed by atoms with Gasteiger partial charge >= 0.3 is 5.97 Å². The van der Waals surface area contributed by atoms with E-state index in [1.54, 1.807) is 36.4 Å². The average Bonchev–Trinajstić information content (AvgIpc) is 3.36. The van der Waals surface area contributed by atoms with Crippen LogP contribution in [0.1, 0.15) is 11.1 Å². The van der Waals surface area contributed by atoms with E-state index < -0.39 is 5.97 Å². The van der Waals surface area contributed by atoms with E-state index in [4.69, 9.17) is 18.6 Å². The van der Waals surface area contributed by atoms with Crippen LogP contribution in [0.25, 0.3) is 17.5 Å². The molecule has 0 bridgehead atoms. The zero-order valence-corrected chi connectivity index (χ0v) is 21.7. The van der Waals surface area contributed by atoms with E-state index in [1.807, 2.05) is 30.3 Å². The fourth-order valence-corrected chi connectivity index (χ4v) is 4.32. The molecule has 4 rings (SSSR count). The van der Waals surface area contributed by atoms with Crippen molar-refractivity contribution in [3.05, 3.63) is 87.2 Å². The normalized spacial score (nSPS) is 11.2. The molecule has 3 aromatic carbocycles. The van der Waals surface area contributed by atoms with E-state index in [9.17, 15) is 9.90 Å². The summed E-state index contributed by atoms with van der Waals surface area (Å²) in [5.41, 5.74) is 2.29. The number of carboxylic acid groups (broad SMARTS) is 1. The molecule has 0 saturated carbocycles. The van der Waals surface area contributed by atoms with Gasteiger partial charge < -0.3 is 23.7 Å². The van der Waals surface area contributed by atoms with E-state index in [0.717, 1.165) is 17.3 Å². The summed E-state index contributed by atoms with van der Waals surface area (Å²) < 4.78 is 22.8. The fourth-order valence-electron chi connectivity index (χ4n) is 3.14. The molecule has 0 amide bonds. The van der Waals surface area contributed by atoms with E-state index in [2.05, 4.69) is 26.1 Å². The van der Waals surface area contributed by atoms with Gasteiger partial charge in [0.05, 0.1) is 18.7 Å². The Morgan fingerprint density at radius 3 is 2.39 bits per heavy atom. The van der Waals surface area contributed by atoms with Crippen molar-refractivity contribution in [2.45, 2.75) is 11.8 Å². The minimum absolute atomic E-state index is 0.0123. The third-order valence-corrected chi connectivity index (χ3v) is 6.38. The standard InChI is InChI=1S/C26H21BrN2O6S/c1-32-19-12-18(13-20(14-19)33-2)24-28-29-26(35-24)36-23(25(30)31)11-17-8-9-22(21(27)10-17)34-15-16-6-4-3-5-7-16/h3-14H,15H2,1-2H3,(H,30,31)/b23-11-. The molecule has 4 aromatic rings. The van der Waals surface area contributed by atoms with Crippen LogP contribution < -0.4 is 14.2 Å². The van der Waals surface area contributed by atoms with Crippen molar-refractivity contribution in [1.82, 2.24) is 10.2 Å². The minimum atomic E-state index is -1.12. The number of carboxylic acids is 1. The number of methoxy groups -OCH3 is 2. The largest absolute Gasteiger partial charge is 0.497 e. The van der Waals surface area contributed by atoms with Crippen LogP contribution in [0.4, 0.5) is 0 Å². The van der Waals surface area contributed by atoms with Crippen LogP contribution in [-0.2, 0) is 11.4 Å². The number of benzene rings is 3. The number of hydrogen-bond acceptors (Lipinski definition) is 8. The van der Waals surface area contributed by atoms with E-state index in [1.165, 1.54) is 20.3 Å². The lowest BCUT2D eigenvalue weighted by Crippen LogP contribution is -1.98. The topological polar surface area (TPSA) is 104 Å². The average molecular weight is 569 g/mol. The van der Waals surface area contributed by atoms with E-state index in [0.29, 0.717) is 39.5 Å². The number of aliphatic carboxylic acids is 1. The number of nitrogens with zero attached hydrogens (tertiary/aromatic N) is 2. The van der Waals surface area contributed by atoms with Gasteiger partial charge in [-0.3, -0.25) is 0 Å². The number of hydrogen-bond donors (Lipinski definition) is 1. The van der Waals surface area contributed by atoms with Gasteiger partial charge in [0.25, 0.3) is 5.22 Å². The van der Waals surface area contributed by atoms with E-state index >= 15 is 0 Å². The molecule has 0 unspecified atom stereocenters. The summed E-state index contributed by atoms with van der Waals surface area (Å²) >= 11 is 4.35. The maximum absolute atomic E-state index is 11.9. The van der Waals surface area contributed by atoms with Gasteiger partial charge in [-0.25, -0.2) is 4.79 Å². The summed E-state index contributed by atoms with van der Waals surface area (Å²) in [5, 5.41) is 17.8. The van der Waals surface area contributed by atoms with Crippen molar-refractivity contribution in [3.8, 4) is 28.7 Å². The molecule has 10 heteroatoms. The third-order valence-electron chi connectivity index (χ3n) is 4.90. The molecular weight excluding hydrogens is 548 g/mol. The first-order chi connectivity index (χ1) is 17.4. The summed E-state index contributed by atoms with van der Waals surface area (Å²) in [6, 6.07) is 20.3. The fraction of sp³-hybridized carbons (Fsp3) is 0.115. The minimum Gasteiger partial charge on any atom is -0.497 e. The Bertz CT molecular complexity index is 1370. The van der Waals surface area contributed by atoms with Crippen molar-refractivity contribution in [3.63, 3.8) is 0 Å². The predicted octanol–water partition coefficient (Wildman–Crippen LogP) is 6.31. The van der Waals surface area contributed by atoms with Gasteiger partial charge in [-0.05, 0) is 69.2 Å². The molecule has 0 aliphatic heterocycles. The van der Waals surface area contributed by atoms with Gasteiger partial charge in [-0.1, -0.05) is 36.4 Å². The molecule has 0 aliphatic rings. The van der Waals surface area contributed by atoms with Crippen molar-refractivity contribution < 1.29 is 28.5 Å². The Kier molecular flexibility index (Phi) is 8.29. The number of carbonyl (C=O) groups is 1. The Labute approximate surface area is 220 Å². The first kappa shape index (κ1) is 25.3. The SMILES string of the molecule is COc1cc(OC)cc(-c2nnc(S/C(=C\c3ccc(OCc4ccccc4)c(Br)c3)C(=O)O)o2)c1. The monoisotopic (exact) mass is 568 g/mol. The van der Waals surface area contributed by atoms with Crippen LogP contribution in [0.5, 0.6) is 17.2 Å². The number of halogens is 1. The maximum Gasteiger partial charge on any atom is 0.342 e. The second-order valence-electron chi connectivity index (χ2n) is 7.35. The Morgan fingerprint density at radius 2 is 1.75 bits per heavy atom. The lowest BCUT2D eigenvalue weighted by atomic mass is 10.2. The Morgan fingerprint density at radius 1 is 1.03 bits per heavy atom. The third kappa shape index (κ3) is 6.46. The molecule has 184 valence electrons. The van der Waals surface area contributed by atoms with Crippen LogP contribution in [0, 0.1) is 0 Å². The quantitative estimate of drug-likeness (QED) is 0.174. The van der Waals surface area contributed by atoms with E-state index in [-0.39, 0.29) is 16.0 Å². The highest BCUT2D eigenvalue weighted by Gasteiger charge is 2.17. The highest BCUT2D eigenvalue weighted by Crippen LogP contribution is 2.34. The van der Waals surface area contributed by atoms with Gasteiger partial charge in [0.15, 0.2) is 0 Å². The molecule has 0 atom stereocenters. The summed E-state index contributed by atoms with van der Waals surface area (Å²) in [6.07, 6.45) is 1.52. The van der Waals surface area contributed by atoms with Crippen LogP contribution in [0.15, 0.2) is 85.7 Å². The lowest BCUT2D eigenvalue weighted by Gasteiger charge is -2.09. The Balaban J connectivity index is 1.50. The Hall–Kier alpha value is -3.76. The van der Waals surface area contributed by atoms with Gasteiger partial charge in [0.1, 0.15) is 28.8 Å². The first-order valence-electron chi connectivity index (χ1n) is 10.6. The molecule has 1 N–H and O–H groups in total. The molecule has 0 fully saturated rings. The van der Waals surface area contributed by atoms with Crippen LogP contribution >= 0.6 is 27.7 Å². The van der Waals surface area contributed by atoms with Crippen molar-refractivity contribution >= 4 is 39.7 Å². The van der Waals surface area contributed by atoms with Crippen molar-refractivity contribution in [2.24, 2.45) is 0 Å². The summed E-state index contributed by atoms with van der Waals surface area (Å²) in [6.45, 7) is 0.420. The molecule has 8 nitrogen and oxygen atoms in total. The predicted molar refractivity (Wildman–Crippen MR) is 139 cm³/mol. The van der Waals surface area contributed by atoms with Crippen LogP contribution in [-0.4, -0.2) is 35.5 Å². The summed E-state index contributed by atoms with van der Waals surface area (Å²) in [5.74, 6) is 0.857. The number of ether oxygens (including phenoxy) is 3. The van der Waals surface area contributed by atoms with Gasteiger partial charge in [0, 0.05) is 11.6 Å². The molecule has 36 heavy (non-hydrogen) atoms. The van der Waals surface area contributed by atoms with Crippen LogP contribution in [0.3, 0.4) is 0 Å². The first-order valence-corrected chi connectivity index (χ1v) is 12.2. The molecule has 0 aliphatic carbocycles. The van der Waals surface area contributed by atoms with Crippen molar-refractivity contribution in [2.75, 3.05) is 14.2 Å². The second-order valence-corrected chi connectivity index (χ2v) is 9.20. The molecule has 1 aromatic heterocycles. The van der Waals surface area contributed by atoms with Gasteiger partial charge in [-0.2, -0.15) is 0 Å². The summed E-state index contributed by atoms with van der Waals surface area (Å²) in [4.78, 5) is 11.9. The smallest absolute Gasteiger partial charge is 0.342 e. The zero-order valence-electron chi connectivity index (χ0n) is 19.3. The van der Waals surface area contributed by atoms with Gasteiger partial charge in [-0.15, -0.1) is 10.2 Å². The van der Waals surface area contributed by atoms with Crippen molar-refractivity contribution in [1.29, 1.82) is 0 Å². The van der Waals surface area contributed by atoms with Gasteiger partial charge in [0.2, 0.25) is 5.89 Å². The molecular formula is C26H21BrN2O6S. The number of rotatable bonds is 10. The zero-order chi connectivity index (χ0) is 25.5. The molecule has 0 spiro atoms. The summed E-state index contributed by atoms with van der Waals surface area (Å²) in [7, 11) is 3.08.